The topological polar surface area (TPSA) is 88.5 Å². The van der Waals surface area contributed by atoms with E-state index in [1.807, 2.05) is 4.90 Å². The predicted octanol–water partition coefficient (Wildman–Crippen LogP) is 1.22. The Labute approximate surface area is 110 Å². The molecule has 0 spiro atoms. The van der Waals surface area contributed by atoms with Crippen LogP contribution >= 0.6 is 0 Å². The van der Waals surface area contributed by atoms with E-state index in [0.29, 0.717) is 0 Å². The molecule has 0 aliphatic carbocycles. The summed E-state index contributed by atoms with van der Waals surface area (Å²) in [5.41, 5.74) is 0.197. The maximum absolute atomic E-state index is 12.0. The number of likely N-dealkylation sites (tertiary alicyclic amines) is 1. The second-order valence-corrected chi connectivity index (χ2v) is 4.69. The first-order valence-corrected chi connectivity index (χ1v) is 6.21. The number of rotatable bonds is 5. The maximum Gasteiger partial charge on any atom is 0.287 e. The average Bonchev–Trinajstić information content (AvgIpc) is 2.89. The molecule has 7 heteroatoms. The van der Waals surface area contributed by atoms with E-state index in [2.05, 4.69) is 4.98 Å². The third kappa shape index (κ3) is 3.39. The van der Waals surface area contributed by atoms with Crippen LogP contribution < -0.4 is 0 Å². The SMILES string of the molecule is COC1CCCN(CC(=O)c2cc([N+](=O)[O-])c[nH]2)C1. The number of nitrogens with zero attached hydrogens (tertiary/aromatic N) is 2. The fourth-order valence-electron chi connectivity index (χ4n) is 2.29. The van der Waals surface area contributed by atoms with Crippen molar-refractivity contribution in [3.8, 4) is 0 Å². The number of carbonyl (C=O) groups excluding carboxylic acids is 1. The van der Waals surface area contributed by atoms with Crippen molar-refractivity contribution in [1.29, 1.82) is 0 Å². The van der Waals surface area contributed by atoms with Gasteiger partial charge < -0.3 is 9.72 Å². The summed E-state index contributed by atoms with van der Waals surface area (Å²) >= 11 is 0. The Morgan fingerprint density at radius 2 is 2.47 bits per heavy atom. The number of ketones is 1. The first-order valence-electron chi connectivity index (χ1n) is 6.21. The molecule has 1 aliphatic rings. The highest BCUT2D eigenvalue weighted by Gasteiger charge is 2.23. The zero-order valence-electron chi connectivity index (χ0n) is 10.8. The van der Waals surface area contributed by atoms with Gasteiger partial charge in [-0.1, -0.05) is 0 Å². The summed E-state index contributed by atoms with van der Waals surface area (Å²) in [4.78, 5) is 26.7. The second-order valence-electron chi connectivity index (χ2n) is 4.69. The molecular formula is C12H17N3O4. The zero-order chi connectivity index (χ0) is 13.8. The van der Waals surface area contributed by atoms with E-state index >= 15 is 0 Å². The number of nitrogens with one attached hydrogen (secondary N) is 1. The fourth-order valence-corrected chi connectivity index (χ4v) is 2.29. The van der Waals surface area contributed by atoms with Crippen LogP contribution in [0.1, 0.15) is 23.3 Å². The molecule has 0 bridgehead atoms. The molecule has 1 aliphatic heterocycles. The number of hydrogen-bond acceptors (Lipinski definition) is 5. The summed E-state index contributed by atoms with van der Waals surface area (Å²) in [7, 11) is 1.67. The number of Topliss-reactive ketones (excluding diaryl/α,β-unsaturated/α-hetero) is 1. The monoisotopic (exact) mass is 267 g/mol. The van der Waals surface area contributed by atoms with Crippen molar-refractivity contribution in [2.75, 3.05) is 26.7 Å². The highest BCUT2D eigenvalue weighted by atomic mass is 16.6. The van der Waals surface area contributed by atoms with E-state index in [1.54, 1.807) is 7.11 Å². The quantitative estimate of drug-likeness (QED) is 0.492. The summed E-state index contributed by atoms with van der Waals surface area (Å²) in [6, 6.07) is 1.28. The molecule has 2 heterocycles. The van der Waals surface area contributed by atoms with Crippen molar-refractivity contribution in [3.63, 3.8) is 0 Å². The van der Waals surface area contributed by atoms with Gasteiger partial charge in [0.1, 0.15) is 0 Å². The lowest BCUT2D eigenvalue weighted by molar-refractivity contribution is -0.384. The van der Waals surface area contributed by atoms with Gasteiger partial charge in [-0.05, 0) is 19.4 Å². The van der Waals surface area contributed by atoms with Crippen LogP contribution in [-0.2, 0) is 4.74 Å². The minimum absolute atomic E-state index is 0.0863. The lowest BCUT2D eigenvalue weighted by Crippen LogP contribution is -2.41. The van der Waals surface area contributed by atoms with Gasteiger partial charge in [-0.3, -0.25) is 19.8 Å². The molecule has 1 atom stereocenters. The van der Waals surface area contributed by atoms with Crippen molar-refractivity contribution in [2.45, 2.75) is 18.9 Å². The van der Waals surface area contributed by atoms with Crippen LogP contribution in [0, 0.1) is 10.1 Å². The lowest BCUT2D eigenvalue weighted by Gasteiger charge is -2.31. The Hall–Kier alpha value is -1.73. The van der Waals surface area contributed by atoms with Crippen molar-refractivity contribution in [2.24, 2.45) is 0 Å². The highest BCUT2D eigenvalue weighted by Crippen LogP contribution is 2.15. The third-order valence-corrected chi connectivity index (χ3v) is 3.34. The minimum atomic E-state index is -0.519. The zero-order valence-corrected chi connectivity index (χ0v) is 10.8. The van der Waals surface area contributed by atoms with Crippen LogP contribution in [0.15, 0.2) is 12.3 Å². The predicted molar refractivity (Wildman–Crippen MR) is 68.2 cm³/mol. The maximum atomic E-state index is 12.0. The van der Waals surface area contributed by atoms with E-state index in [9.17, 15) is 14.9 Å². The lowest BCUT2D eigenvalue weighted by atomic mass is 10.1. The van der Waals surface area contributed by atoms with Gasteiger partial charge >= 0.3 is 0 Å². The third-order valence-electron chi connectivity index (χ3n) is 3.34. The number of H-pyrrole nitrogens is 1. The van der Waals surface area contributed by atoms with Crippen molar-refractivity contribution in [3.05, 3.63) is 28.1 Å². The Bertz CT molecular complexity index is 471. The molecule has 104 valence electrons. The number of aromatic amines is 1. The van der Waals surface area contributed by atoms with Crippen molar-refractivity contribution >= 4 is 11.5 Å². The van der Waals surface area contributed by atoms with E-state index in [4.69, 9.17) is 4.74 Å². The van der Waals surface area contributed by atoms with Gasteiger partial charge in [-0.2, -0.15) is 0 Å². The van der Waals surface area contributed by atoms with Crippen molar-refractivity contribution in [1.82, 2.24) is 9.88 Å². The first-order chi connectivity index (χ1) is 9.10. The van der Waals surface area contributed by atoms with Gasteiger partial charge in [0.15, 0.2) is 5.78 Å². The molecule has 0 aromatic carbocycles. The molecule has 1 aromatic rings. The number of hydrogen-bond donors (Lipinski definition) is 1. The van der Waals surface area contributed by atoms with Gasteiger partial charge in [0.05, 0.1) is 29.5 Å². The van der Waals surface area contributed by atoms with E-state index in [0.717, 1.165) is 25.9 Å². The number of nitro groups is 1. The van der Waals surface area contributed by atoms with Gasteiger partial charge in [0.2, 0.25) is 0 Å². The van der Waals surface area contributed by atoms with Crippen LogP contribution in [-0.4, -0.2) is 53.4 Å². The molecule has 1 N–H and O–H groups in total. The molecule has 19 heavy (non-hydrogen) atoms. The molecule has 0 amide bonds. The van der Waals surface area contributed by atoms with Crippen molar-refractivity contribution < 1.29 is 14.5 Å². The van der Waals surface area contributed by atoms with Crippen LogP contribution in [0.2, 0.25) is 0 Å². The molecular weight excluding hydrogens is 250 g/mol. The standard InChI is InChI=1S/C12H17N3O4/c1-19-10-3-2-4-14(7-10)8-12(16)11-5-9(6-13-11)15(17)18/h5-6,10,13H,2-4,7-8H2,1H3. The Balaban J connectivity index is 1.94. The van der Waals surface area contributed by atoms with E-state index < -0.39 is 4.92 Å². The Kier molecular flexibility index (Phi) is 4.28. The van der Waals surface area contributed by atoms with E-state index in [1.165, 1.54) is 12.3 Å². The van der Waals surface area contributed by atoms with Crippen LogP contribution in [0.4, 0.5) is 5.69 Å². The van der Waals surface area contributed by atoms with Gasteiger partial charge in [0.25, 0.3) is 5.69 Å². The molecule has 1 unspecified atom stereocenters. The number of methoxy groups -OCH3 is 1. The van der Waals surface area contributed by atoms with Crippen LogP contribution in [0.5, 0.6) is 0 Å². The van der Waals surface area contributed by atoms with Gasteiger partial charge in [-0.15, -0.1) is 0 Å². The summed E-state index contributed by atoms with van der Waals surface area (Å²) in [6.45, 7) is 1.84. The molecule has 0 radical (unpaired) electrons. The van der Waals surface area contributed by atoms with E-state index in [-0.39, 0.29) is 29.8 Å². The van der Waals surface area contributed by atoms with Crippen LogP contribution in [0.25, 0.3) is 0 Å². The van der Waals surface area contributed by atoms with Crippen LogP contribution in [0.3, 0.4) is 0 Å². The molecule has 2 rings (SSSR count). The Morgan fingerprint density at radius 3 is 3.11 bits per heavy atom. The summed E-state index contributed by atoms with van der Waals surface area (Å²) in [6.07, 6.45) is 3.41. The Morgan fingerprint density at radius 1 is 1.68 bits per heavy atom. The smallest absolute Gasteiger partial charge is 0.287 e. The van der Waals surface area contributed by atoms with Gasteiger partial charge in [-0.25, -0.2) is 0 Å². The average molecular weight is 267 g/mol. The normalized spacial score (nSPS) is 20.4. The summed E-state index contributed by atoms with van der Waals surface area (Å²) in [5, 5.41) is 10.6. The molecule has 1 aromatic heterocycles. The fraction of sp³-hybridized carbons (Fsp3) is 0.583. The minimum Gasteiger partial charge on any atom is -0.380 e. The number of piperidine rings is 1. The molecule has 7 nitrogen and oxygen atoms in total. The summed E-state index contributed by atoms with van der Waals surface area (Å²) < 4.78 is 5.29. The van der Waals surface area contributed by atoms with Gasteiger partial charge in [0, 0.05) is 19.7 Å². The largest absolute Gasteiger partial charge is 0.380 e. The molecule has 0 saturated carbocycles. The summed E-state index contributed by atoms with van der Waals surface area (Å²) in [5.74, 6) is -0.134. The molecule has 1 fully saturated rings. The highest BCUT2D eigenvalue weighted by molar-refractivity contribution is 5.96. The number of carbonyl (C=O) groups is 1. The first kappa shape index (κ1) is 13.7. The number of ether oxygens (including phenoxy) is 1. The number of aromatic nitrogens is 1. The second kappa shape index (κ2) is 5.94. The molecule has 1 saturated heterocycles.